The van der Waals surface area contributed by atoms with Gasteiger partial charge < -0.3 is 30.2 Å². The first kappa shape index (κ1) is 21.2. The van der Waals surface area contributed by atoms with Gasteiger partial charge in [-0.2, -0.15) is 0 Å². The number of carbonyl (C=O) groups excluding carboxylic acids is 1. The van der Waals surface area contributed by atoms with Crippen LogP contribution in [0.1, 0.15) is 23.9 Å². The van der Waals surface area contributed by atoms with Gasteiger partial charge in [0.2, 0.25) is 11.7 Å². The number of fused-ring (bicyclic) bond motifs is 2. The molecule has 0 spiro atoms. The fourth-order valence-corrected chi connectivity index (χ4v) is 5.02. The van der Waals surface area contributed by atoms with Gasteiger partial charge in [-0.1, -0.05) is 18.1 Å². The monoisotopic (exact) mass is 448 g/mol. The molecule has 3 aromatic rings. The maximum Gasteiger partial charge on any atom is 0.229 e. The Labute approximate surface area is 190 Å². The SMILES string of the molecule is CNC(=O)C12CC1[C@@H](n1cnc3c(NC)nc(C#Cc4ccccc4OC)nc31)[C@H](O)[C@@H]2O. The number of carbonyl (C=O) groups is 1. The number of ether oxygens (including phenoxy) is 1. The van der Waals surface area contributed by atoms with E-state index in [0.29, 0.717) is 34.7 Å². The summed E-state index contributed by atoms with van der Waals surface area (Å²) in [6, 6.07) is 6.85. The highest BCUT2D eigenvalue weighted by Gasteiger charge is 2.75. The van der Waals surface area contributed by atoms with E-state index >= 15 is 0 Å². The van der Waals surface area contributed by atoms with E-state index in [0.717, 1.165) is 0 Å². The number of aliphatic hydroxyl groups excluding tert-OH is 2. The van der Waals surface area contributed by atoms with Gasteiger partial charge in [0.05, 0.1) is 36.6 Å². The Morgan fingerprint density at radius 3 is 2.76 bits per heavy atom. The molecule has 2 aliphatic rings. The highest BCUT2D eigenvalue weighted by Crippen LogP contribution is 2.67. The minimum absolute atomic E-state index is 0.226. The molecular formula is C23H24N6O4. The number of para-hydroxylation sites is 1. The average molecular weight is 448 g/mol. The second kappa shape index (κ2) is 7.72. The molecule has 2 heterocycles. The van der Waals surface area contributed by atoms with Crippen LogP contribution in [0.25, 0.3) is 11.2 Å². The van der Waals surface area contributed by atoms with Crippen LogP contribution in [0.3, 0.4) is 0 Å². The molecule has 2 aliphatic carbocycles. The second-order valence-corrected chi connectivity index (χ2v) is 8.28. The first-order chi connectivity index (χ1) is 16.0. The Morgan fingerprint density at radius 1 is 1.24 bits per heavy atom. The predicted octanol–water partition coefficient (Wildman–Crippen LogP) is 0.305. The van der Waals surface area contributed by atoms with Crippen LogP contribution in [0.15, 0.2) is 30.6 Å². The fourth-order valence-electron chi connectivity index (χ4n) is 5.02. The molecule has 4 N–H and O–H groups in total. The van der Waals surface area contributed by atoms with E-state index in [1.165, 1.54) is 7.05 Å². The normalized spacial score (nSPS) is 27.4. The largest absolute Gasteiger partial charge is 0.495 e. The van der Waals surface area contributed by atoms with Crippen LogP contribution in [0.2, 0.25) is 0 Å². The van der Waals surface area contributed by atoms with Gasteiger partial charge in [-0.3, -0.25) is 4.79 Å². The van der Waals surface area contributed by atoms with Crippen LogP contribution < -0.4 is 15.4 Å². The first-order valence-corrected chi connectivity index (χ1v) is 10.6. The summed E-state index contributed by atoms with van der Waals surface area (Å²) in [7, 11) is 4.84. The molecule has 0 saturated heterocycles. The van der Waals surface area contributed by atoms with E-state index in [1.54, 1.807) is 25.1 Å². The van der Waals surface area contributed by atoms with Gasteiger partial charge >= 0.3 is 0 Å². The molecule has 0 radical (unpaired) electrons. The van der Waals surface area contributed by atoms with E-state index in [9.17, 15) is 15.0 Å². The topological polar surface area (TPSA) is 134 Å². The van der Waals surface area contributed by atoms with E-state index < -0.39 is 23.7 Å². The highest BCUT2D eigenvalue weighted by atomic mass is 16.5. The molecule has 1 amide bonds. The zero-order chi connectivity index (χ0) is 23.3. The lowest BCUT2D eigenvalue weighted by Crippen LogP contribution is -2.41. The Hall–Kier alpha value is -3.68. The lowest BCUT2D eigenvalue weighted by atomic mass is 9.98. The Balaban J connectivity index is 1.58. The minimum atomic E-state index is -1.17. The number of aliphatic hydroxyl groups is 2. The molecule has 1 aromatic carbocycles. The molecular weight excluding hydrogens is 424 g/mol. The molecule has 0 aliphatic heterocycles. The summed E-state index contributed by atoms with van der Waals surface area (Å²) in [6.45, 7) is 0. The van der Waals surface area contributed by atoms with E-state index in [2.05, 4.69) is 37.4 Å². The number of nitrogens with one attached hydrogen (secondary N) is 2. The van der Waals surface area contributed by atoms with Gasteiger partial charge in [-0.25, -0.2) is 15.0 Å². The number of anilines is 1. The molecule has 0 bridgehead atoms. The van der Waals surface area contributed by atoms with Crippen molar-refractivity contribution in [3.05, 3.63) is 42.0 Å². The molecule has 5 atom stereocenters. The van der Waals surface area contributed by atoms with Gasteiger partial charge in [0.25, 0.3) is 0 Å². The summed E-state index contributed by atoms with van der Waals surface area (Å²) in [5.74, 6) is 6.93. The van der Waals surface area contributed by atoms with E-state index in [4.69, 9.17) is 4.74 Å². The summed E-state index contributed by atoms with van der Waals surface area (Å²) in [5.41, 5.74) is 0.696. The Kier molecular flexibility index (Phi) is 4.96. The Morgan fingerprint density at radius 2 is 2.03 bits per heavy atom. The van der Waals surface area contributed by atoms with Crippen molar-refractivity contribution in [2.45, 2.75) is 24.7 Å². The lowest BCUT2D eigenvalue weighted by molar-refractivity contribution is -0.132. The summed E-state index contributed by atoms with van der Waals surface area (Å²) >= 11 is 0. The summed E-state index contributed by atoms with van der Waals surface area (Å²) in [6.07, 6.45) is -0.245. The van der Waals surface area contributed by atoms with Crippen molar-refractivity contribution in [1.29, 1.82) is 0 Å². The lowest BCUT2D eigenvalue weighted by Gasteiger charge is -2.23. The number of nitrogens with zero attached hydrogens (tertiary/aromatic N) is 4. The smallest absolute Gasteiger partial charge is 0.229 e. The predicted molar refractivity (Wildman–Crippen MR) is 120 cm³/mol. The van der Waals surface area contributed by atoms with Crippen molar-refractivity contribution < 1.29 is 19.7 Å². The molecule has 2 saturated carbocycles. The summed E-state index contributed by atoms with van der Waals surface area (Å²) in [5, 5.41) is 27.1. The molecule has 2 aromatic heterocycles. The number of hydrogen-bond acceptors (Lipinski definition) is 8. The molecule has 33 heavy (non-hydrogen) atoms. The number of aromatic nitrogens is 4. The number of methoxy groups -OCH3 is 1. The highest BCUT2D eigenvalue weighted by molar-refractivity contribution is 5.88. The van der Waals surface area contributed by atoms with Crippen molar-refractivity contribution in [2.24, 2.45) is 11.3 Å². The van der Waals surface area contributed by atoms with Crippen LogP contribution in [0, 0.1) is 23.2 Å². The van der Waals surface area contributed by atoms with Gasteiger partial charge in [0.1, 0.15) is 11.9 Å². The third-order valence-electron chi connectivity index (χ3n) is 6.72. The number of benzene rings is 1. The van der Waals surface area contributed by atoms with Crippen molar-refractivity contribution in [3.63, 3.8) is 0 Å². The molecule has 170 valence electrons. The van der Waals surface area contributed by atoms with Crippen molar-refractivity contribution in [1.82, 2.24) is 24.8 Å². The van der Waals surface area contributed by atoms with Crippen LogP contribution >= 0.6 is 0 Å². The summed E-state index contributed by atoms with van der Waals surface area (Å²) in [4.78, 5) is 26.0. The molecule has 2 fully saturated rings. The zero-order valence-corrected chi connectivity index (χ0v) is 18.4. The van der Waals surface area contributed by atoms with Gasteiger partial charge in [-0.05, 0) is 24.5 Å². The molecule has 10 nitrogen and oxygen atoms in total. The van der Waals surface area contributed by atoms with Gasteiger partial charge in [0, 0.05) is 20.0 Å². The van der Waals surface area contributed by atoms with Crippen LogP contribution in [0.5, 0.6) is 5.75 Å². The average Bonchev–Trinajstić information content (AvgIpc) is 3.38. The quantitative estimate of drug-likeness (QED) is 0.419. The van der Waals surface area contributed by atoms with Crippen LogP contribution in [0.4, 0.5) is 5.82 Å². The molecule has 10 heteroatoms. The maximum atomic E-state index is 12.5. The van der Waals surface area contributed by atoms with Crippen molar-refractivity contribution >= 4 is 22.9 Å². The number of imidazole rings is 1. The third kappa shape index (κ3) is 3.04. The van der Waals surface area contributed by atoms with Crippen LogP contribution in [-0.4, -0.2) is 69.1 Å². The standard InChI is InChI=1S/C23H24N6O4/c1-24-20-16-21(28-15(27-20)9-8-12-6-4-5-7-14(12)33-3)29(11-26-16)17-13-10-23(13,22(32)25-2)19(31)18(17)30/h4-7,11,13,17-19,30-31H,10H2,1-3H3,(H,25,32)(H,24,27,28)/t13?,17-,18+,19+,23?/m1/s1. The molecule has 5 rings (SSSR count). The number of amides is 1. The van der Waals surface area contributed by atoms with E-state index in [-0.39, 0.29) is 17.6 Å². The first-order valence-electron chi connectivity index (χ1n) is 10.6. The van der Waals surface area contributed by atoms with Crippen molar-refractivity contribution in [2.75, 3.05) is 26.5 Å². The third-order valence-corrected chi connectivity index (χ3v) is 6.72. The van der Waals surface area contributed by atoms with Crippen LogP contribution in [-0.2, 0) is 4.79 Å². The Bertz CT molecular complexity index is 1310. The minimum Gasteiger partial charge on any atom is -0.495 e. The maximum absolute atomic E-state index is 12.5. The van der Waals surface area contributed by atoms with Crippen molar-refractivity contribution in [3.8, 4) is 17.6 Å². The number of hydrogen-bond donors (Lipinski definition) is 4. The van der Waals surface area contributed by atoms with Gasteiger partial charge in [-0.15, -0.1) is 0 Å². The fraction of sp³-hybridized carbons (Fsp3) is 0.391. The summed E-state index contributed by atoms with van der Waals surface area (Å²) < 4.78 is 7.07. The second-order valence-electron chi connectivity index (χ2n) is 8.28. The van der Waals surface area contributed by atoms with Gasteiger partial charge in [0.15, 0.2) is 17.0 Å². The number of rotatable bonds is 4. The molecule has 2 unspecified atom stereocenters. The zero-order valence-electron chi connectivity index (χ0n) is 18.4. The van der Waals surface area contributed by atoms with E-state index in [1.807, 2.05) is 24.3 Å².